The lowest BCUT2D eigenvalue weighted by Crippen LogP contribution is -2.32. The van der Waals surface area contributed by atoms with Gasteiger partial charge in [0.15, 0.2) is 0 Å². The summed E-state index contributed by atoms with van der Waals surface area (Å²) in [5, 5.41) is 4.13. The van der Waals surface area contributed by atoms with Gasteiger partial charge in [-0.15, -0.1) is 0 Å². The van der Waals surface area contributed by atoms with Crippen LogP contribution in [0.25, 0.3) is 10.8 Å². The summed E-state index contributed by atoms with van der Waals surface area (Å²) in [5.74, 6) is -0.154. The van der Waals surface area contributed by atoms with Crippen LogP contribution in [0.1, 0.15) is 10.4 Å². The van der Waals surface area contributed by atoms with E-state index in [9.17, 15) is 9.59 Å². The Morgan fingerprint density at radius 1 is 1.25 bits per heavy atom. The third-order valence-electron chi connectivity index (χ3n) is 3.18. The molecule has 1 amide bonds. The summed E-state index contributed by atoms with van der Waals surface area (Å²) in [6.07, 6.45) is 1.59. The third kappa shape index (κ3) is 2.88. The summed E-state index contributed by atoms with van der Waals surface area (Å²) in [6, 6.07) is 7.18. The fourth-order valence-electron chi connectivity index (χ4n) is 2.09. The Balaban J connectivity index is 2.37. The van der Waals surface area contributed by atoms with E-state index in [0.717, 1.165) is 6.54 Å². The minimum Gasteiger partial charge on any atom is -0.351 e. The van der Waals surface area contributed by atoms with Crippen molar-refractivity contribution in [3.63, 3.8) is 0 Å². The molecule has 1 aromatic heterocycles. The summed E-state index contributed by atoms with van der Waals surface area (Å²) < 4.78 is 1.45. The minimum atomic E-state index is -0.154. The summed E-state index contributed by atoms with van der Waals surface area (Å²) in [5.41, 5.74) is 0.437. The Morgan fingerprint density at radius 2 is 1.90 bits per heavy atom. The van der Waals surface area contributed by atoms with E-state index in [2.05, 4.69) is 5.32 Å². The smallest absolute Gasteiger partial charge is 0.258 e. The predicted molar refractivity (Wildman–Crippen MR) is 80.1 cm³/mol. The van der Waals surface area contributed by atoms with Crippen LogP contribution in [0.5, 0.6) is 0 Å². The average molecular weight is 273 g/mol. The van der Waals surface area contributed by atoms with Gasteiger partial charge in [0.1, 0.15) is 0 Å². The molecule has 2 rings (SSSR count). The van der Waals surface area contributed by atoms with Crippen LogP contribution in [0.15, 0.2) is 35.3 Å². The van der Waals surface area contributed by atoms with Crippen molar-refractivity contribution in [1.82, 2.24) is 14.8 Å². The van der Waals surface area contributed by atoms with Crippen molar-refractivity contribution in [2.45, 2.75) is 0 Å². The Kier molecular flexibility index (Phi) is 4.20. The second kappa shape index (κ2) is 5.88. The number of pyridine rings is 1. The monoisotopic (exact) mass is 273 g/mol. The molecule has 0 saturated heterocycles. The highest BCUT2D eigenvalue weighted by molar-refractivity contribution is 6.06. The molecule has 0 saturated carbocycles. The maximum absolute atomic E-state index is 12.3. The van der Waals surface area contributed by atoms with Crippen LogP contribution in [0.4, 0.5) is 0 Å². The standard InChI is InChI=1S/C15H19N3O2/c1-17(2)9-8-16-14(19)13-10-18(3)15(20)12-7-5-4-6-11(12)13/h4-7,10H,8-9H2,1-3H3,(H,16,19). The zero-order chi connectivity index (χ0) is 14.7. The molecule has 1 heterocycles. The maximum atomic E-state index is 12.3. The van der Waals surface area contributed by atoms with Crippen molar-refractivity contribution in [2.75, 3.05) is 27.2 Å². The highest BCUT2D eigenvalue weighted by Gasteiger charge is 2.12. The molecule has 2 aromatic rings. The molecule has 0 atom stereocenters. The van der Waals surface area contributed by atoms with E-state index in [-0.39, 0.29) is 11.5 Å². The molecule has 0 unspecified atom stereocenters. The number of hydrogen-bond donors (Lipinski definition) is 1. The molecule has 0 aliphatic heterocycles. The SMILES string of the molecule is CN(C)CCNC(=O)c1cn(C)c(=O)c2ccccc12. The summed E-state index contributed by atoms with van der Waals surface area (Å²) in [7, 11) is 5.56. The fourth-order valence-corrected chi connectivity index (χ4v) is 2.09. The average Bonchev–Trinajstić information content (AvgIpc) is 2.42. The van der Waals surface area contributed by atoms with Crippen LogP contribution >= 0.6 is 0 Å². The van der Waals surface area contributed by atoms with Crippen LogP contribution < -0.4 is 10.9 Å². The number of amides is 1. The van der Waals surface area contributed by atoms with Crippen molar-refractivity contribution in [1.29, 1.82) is 0 Å². The van der Waals surface area contributed by atoms with E-state index >= 15 is 0 Å². The van der Waals surface area contributed by atoms with Crippen molar-refractivity contribution in [3.05, 3.63) is 46.4 Å². The first-order valence-corrected chi connectivity index (χ1v) is 6.52. The molecular weight excluding hydrogens is 254 g/mol. The fraction of sp³-hybridized carbons (Fsp3) is 0.333. The molecule has 0 aliphatic rings. The molecule has 0 fully saturated rings. The van der Waals surface area contributed by atoms with Crippen molar-refractivity contribution in [2.24, 2.45) is 7.05 Å². The molecule has 0 bridgehead atoms. The number of nitrogens with one attached hydrogen (secondary N) is 1. The van der Waals surface area contributed by atoms with Crippen molar-refractivity contribution >= 4 is 16.7 Å². The van der Waals surface area contributed by atoms with Gasteiger partial charge in [-0.25, -0.2) is 0 Å². The molecular formula is C15H19N3O2. The topological polar surface area (TPSA) is 54.3 Å². The minimum absolute atomic E-state index is 0.0922. The zero-order valence-electron chi connectivity index (χ0n) is 12.0. The number of aryl methyl sites for hydroxylation is 1. The number of benzene rings is 1. The van der Waals surface area contributed by atoms with Gasteiger partial charge in [-0.05, 0) is 20.2 Å². The number of nitrogens with zero attached hydrogens (tertiary/aromatic N) is 2. The van der Waals surface area contributed by atoms with Gasteiger partial charge in [0, 0.05) is 37.1 Å². The number of likely N-dealkylation sites (N-methyl/N-ethyl adjacent to an activating group) is 1. The number of hydrogen-bond acceptors (Lipinski definition) is 3. The molecule has 106 valence electrons. The van der Waals surface area contributed by atoms with Gasteiger partial charge in [0.25, 0.3) is 11.5 Å². The first kappa shape index (κ1) is 14.3. The Labute approximate surface area is 117 Å². The molecule has 0 spiro atoms. The van der Waals surface area contributed by atoms with Crippen LogP contribution in [0, 0.1) is 0 Å². The normalized spacial score (nSPS) is 11.0. The van der Waals surface area contributed by atoms with Crippen LogP contribution in [0.2, 0.25) is 0 Å². The van der Waals surface area contributed by atoms with Crippen LogP contribution in [0.3, 0.4) is 0 Å². The van der Waals surface area contributed by atoms with Crippen molar-refractivity contribution < 1.29 is 4.79 Å². The van der Waals surface area contributed by atoms with Crippen LogP contribution in [-0.4, -0.2) is 42.6 Å². The second-order valence-electron chi connectivity index (χ2n) is 5.06. The predicted octanol–water partition coefficient (Wildman–Crippen LogP) is 0.830. The number of carbonyl (C=O) groups is 1. The van der Waals surface area contributed by atoms with E-state index in [0.29, 0.717) is 22.9 Å². The second-order valence-corrected chi connectivity index (χ2v) is 5.06. The highest BCUT2D eigenvalue weighted by atomic mass is 16.2. The molecule has 5 nitrogen and oxygen atoms in total. The zero-order valence-corrected chi connectivity index (χ0v) is 12.0. The Hall–Kier alpha value is -2.14. The van der Waals surface area contributed by atoms with Gasteiger partial charge in [-0.1, -0.05) is 18.2 Å². The molecule has 5 heteroatoms. The van der Waals surface area contributed by atoms with E-state index in [4.69, 9.17) is 0 Å². The first-order chi connectivity index (χ1) is 9.50. The Bertz CT molecular complexity index is 689. The highest BCUT2D eigenvalue weighted by Crippen LogP contribution is 2.14. The summed E-state index contributed by atoms with van der Waals surface area (Å²) >= 11 is 0. The van der Waals surface area contributed by atoms with Gasteiger partial charge in [0.05, 0.1) is 5.56 Å². The molecule has 0 aliphatic carbocycles. The number of carbonyl (C=O) groups excluding carboxylic acids is 1. The first-order valence-electron chi connectivity index (χ1n) is 6.52. The quantitative estimate of drug-likeness (QED) is 0.897. The van der Waals surface area contributed by atoms with E-state index in [1.54, 1.807) is 31.4 Å². The molecule has 1 N–H and O–H groups in total. The molecule has 0 radical (unpaired) electrons. The van der Waals surface area contributed by atoms with Gasteiger partial charge in [-0.2, -0.15) is 0 Å². The van der Waals surface area contributed by atoms with Crippen LogP contribution in [-0.2, 0) is 7.05 Å². The third-order valence-corrected chi connectivity index (χ3v) is 3.18. The largest absolute Gasteiger partial charge is 0.351 e. The molecule has 20 heavy (non-hydrogen) atoms. The summed E-state index contributed by atoms with van der Waals surface area (Å²) in [4.78, 5) is 26.3. The number of rotatable bonds is 4. The van der Waals surface area contributed by atoms with Gasteiger partial charge < -0.3 is 14.8 Å². The van der Waals surface area contributed by atoms with Gasteiger partial charge >= 0.3 is 0 Å². The molecule has 1 aromatic carbocycles. The van der Waals surface area contributed by atoms with E-state index in [1.165, 1.54) is 4.57 Å². The van der Waals surface area contributed by atoms with Gasteiger partial charge in [-0.3, -0.25) is 9.59 Å². The van der Waals surface area contributed by atoms with Crippen molar-refractivity contribution in [3.8, 4) is 0 Å². The maximum Gasteiger partial charge on any atom is 0.258 e. The number of aromatic nitrogens is 1. The lowest BCUT2D eigenvalue weighted by molar-refractivity contribution is 0.0952. The van der Waals surface area contributed by atoms with E-state index in [1.807, 2.05) is 25.1 Å². The number of fused-ring (bicyclic) bond motifs is 1. The lowest BCUT2D eigenvalue weighted by Gasteiger charge is -2.12. The lowest BCUT2D eigenvalue weighted by atomic mass is 10.1. The summed E-state index contributed by atoms with van der Waals surface area (Å²) in [6.45, 7) is 1.35. The Morgan fingerprint density at radius 3 is 2.55 bits per heavy atom. The van der Waals surface area contributed by atoms with Gasteiger partial charge in [0.2, 0.25) is 0 Å². The van der Waals surface area contributed by atoms with E-state index < -0.39 is 0 Å².